The topological polar surface area (TPSA) is 76.3 Å². The van der Waals surface area contributed by atoms with Gasteiger partial charge in [0.1, 0.15) is 0 Å². The number of nitro groups is 1. The van der Waals surface area contributed by atoms with Crippen molar-refractivity contribution in [1.29, 1.82) is 0 Å². The number of carbonyl (C=O) groups excluding carboxylic acids is 1. The summed E-state index contributed by atoms with van der Waals surface area (Å²) in [7, 11) is 0. The second-order valence-corrected chi connectivity index (χ2v) is 8.87. The number of non-ortho nitro benzene ring substituents is 1. The standard InChI is InChI=1S/C18H19N3O3S2/c22-17(20(13-6-7-13)12-4-2-1-3-5-12)11-25-18-19-15-9-8-14(21(23)24)10-16(15)26-18/h4,8-10,13H,1-3,5-7,11H2. The summed E-state index contributed by atoms with van der Waals surface area (Å²) in [6.07, 6.45) is 8.85. The molecule has 4 rings (SSSR count). The van der Waals surface area contributed by atoms with E-state index >= 15 is 0 Å². The van der Waals surface area contributed by atoms with Gasteiger partial charge >= 0.3 is 0 Å². The molecular weight excluding hydrogens is 370 g/mol. The average molecular weight is 390 g/mol. The predicted molar refractivity (Wildman–Crippen MR) is 103 cm³/mol. The first-order valence-electron chi connectivity index (χ1n) is 8.81. The number of hydrogen-bond acceptors (Lipinski definition) is 6. The van der Waals surface area contributed by atoms with E-state index in [1.807, 2.05) is 4.90 Å². The van der Waals surface area contributed by atoms with Gasteiger partial charge in [0.25, 0.3) is 5.69 Å². The molecule has 2 aliphatic rings. The number of amides is 1. The van der Waals surface area contributed by atoms with E-state index < -0.39 is 4.92 Å². The van der Waals surface area contributed by atoms with E-state index in [1.54, 1.807) is 12.1 Å². The summed E-state index contributed by atoms with van der Waals surface area (Å²) >= 11 is 2.83. The highest BCUT2D eigenvalue weighted by molar-refractivity contribution is 8.01. The van der Waals surface area contributed by atoms with E-state index in [-0.39, 0.29) is 11.6 Å². The summed E-state index contributed by atoms with van der Waals surface area (Å²) in [5.74, 6) is 0.506. The molecule has 0 unspecified atom stereocenters. The number of allylic oxidation sites excluding steroid dienone is 2. The molecule has 8 heteroatoms. The van der Waals surface area contributed by atoms with Gasteiger partial charge in [0.15, 0.2) is 4.34 Å². The van der Waals surface area contributed by atoms with Crippen molar-refractivity contribution in [2.45, 2.75) is 48.9 Å². The van der Waals surface area contributed by atoms with Crippen LogP contribution in [-0.2, 0) is 4.79 Å². The molecule has 0 bridgehead atoms. The highest BCUT2D eigenvalue weighted by Crippen LogP contribution is 2.36. The first-order chi connectivity index (χ1) is 12.6. The summed E-state index contributed by atoms with van der Waals surface area (Å²) in [5.41, 5.74) is 2.01. The zero-order chi connectivity index (χ0) is 18.1. The molecule has 6 nitrogen and oxygen atoms in total. The maximum atomic E-state index is 12.8. The first-order valence-corrected chi connectivity index (χ1v) is 10.6. The summed E-state index contributed by atoms with van der Waals surface area (Å²) in [4.78, 5) is 29.8. The van der Waals surface area contributed by atoms with Crippen molar-refractivity contribution in [3.05, 3.63) is 40.1 Å². The number of thioether (sulfide) groups is 1. The third-order valence-corrected chi connectivity index (χ3v) is 6.79. The quantitative estimate of drug-likeness (QED) is 0.405. The SMILES string of the molecule is O=C(CSc1nc2ccc([N+](=O)[O-])cc2s1)N(C1=CCCCC1)C1CC1. The number of hydrogen-bond donors (Lipinski definition) is 0. The van der Waals surface area contributed by atoms with Crippen LogP contribution in [0.1, 0.15) is 38.5 Å². The van der Waals surface area contributed by atoms with E-state index in [4.69, 9.17) is 0 Å². The van der Waals surface area contributed by atoms with Crippen LogP contribution in [0.5, 0.6) is 0 Å². The number of benzene rings is 1. The van der Waals surface area contributed by atoms with Gasteiger partial charge in [-0.2, -0.15) is 0 Å². The van der Waals surface area contributed by atoms with Gasteiger partial charge in [-0.3, -0.25) is 14.9 Å². The molecular formula is C18H19N3O3S2. The third kappa shape index (κ3) is 3.76. The van der Waals surface area contributed by atoms with Crippen molar-refractivity contribution >= 4 is 44.9 Å². The zero-order valence-corrected chi connectivity index (χ0v) is 15.9. The molecule has 0 N–H and O–H groups in total. The second-order valence-electron chi connectivity index (χ2n) is 6.61. The Morgan fingerprint density at radius 3 is 2.92 bits per heavy atom. The van der Waals surface area contributed by atoms with Gasteiger partial charge in [-0.25, -0.2) is 4.98 Å². The summed E-state index contributed by atoms with van der Waals surface area (Å²) in [6.45, 7) is 0. The number of nitrogens with zero attached hydrogens (tertiary/aromatic N) is 3. The van der Waals surface area contributed by atoms with Crippen LogP contribution in [0.25, 0.3) is 10.2 Å². The number of carbonyl (C=O) groups is 1. The molecule has 1 amide bonds. The van der Waals surface area contributed by atoms with Crippen LogP contribution < -0.4 is 0 Å². The van der Waals surface area contributed by atoms with Crippen LogP contribution in [0, 0.1) is 10.1 Å². The Hall–Kier alpha value is -1.93. The Morgan fingerprint density at radius 1 is 1.38 bits per heavy atom. The lowest BCUT2D eigenvalue weighted by Gasteiger charge is -2.27. The number of fused-ring (bicyclic) bond motifs is 1. The van der Waals surface area contributed by atoms with Crippen molar-refractivity contribution in [2.75, 3.05) is 5.75 Å². The molecule has 2 aliphatic carbocycles. The Labute approximate surface area is 159 Å². The molecule has 0 spiro atoms. The molecule has 0 saturated heterocycles. The summed E-state index contributed by atoms with van der Waals surface area (Å²) < 4.78 is 1.56. The lowest BCUT2D eigenvalue weighted by Crippen LogP contribution is -2.34. The van der Waals surface area contributed by atoms with Crippen LogP contribution in [-0.4, -0.2) is 32.5 Å². The van der Waals surface area contributed by atoms with Gasteiger partial charge in [-0.15, -0.1) is 11.3 Å². The van der Waals surface area contributed by atoms with Gasteiger partial charge < -0.3 is 4.90 Å². The molecule has 136 valence electrons. The molecule has 0 radical (unpaired) electrons. The van der Waals surface area contributed by atoms with Crippen molar-refractivity contribution in [3.8, 4) is 0 Å². The van der Waals surface area contributed by atoms with Crippen LogP contribution in [0.4, 0.5) is 5.69 Å². The zero-order valence-electron chi connectivity index (χ0n) is 14.2. The van der Waals surface area contributed by atoms with Gasteiger partial charge in [-0.05, 0) is 44.6 Å². The van der Waals surface area contributed by atoms with Crippen LogP contribution in [0.15, 0.2) is 34.3 Å². The van der Waals surface area contributed by atoms with Crippen molar-refractivity contribution in [1.82, 2.24) is 9.88 Å². The van der Waals surface area contributed by atoms with Gasteiger partial charge in [0.05, 0.1) is 20.9 Å². The number of aromatic nitrogens is 1. The Kier molecular flexibility index (Phi) is 4.95. The van der Waals surface area contributed by atoms with Crippen LogP contribution in [0.2, 0.25) is 0 Å². The van der Waals surface area contributed by atoms with Gasteiger partial charge in [0.2, 0.25) is 5.91 Å². The normalized spacial score (nSPS) is 17.2. The third-order valence-electron chi connectivity index (χ3n) is 4.64. The minimum Gasteiger partial charge on any atom is -0.313 e. The van der Waals surface area contributed by atoms with Gasteiger partial charge in [0, 0.05) is 23.9 Å². The number of rotatable bonds is 6. The number of nitro benzene ring substituents is 1. The van der Waals surface area contributed by atoms with Crippen LogP contribution in [0.3, 0.4) is 0 Å². The fraction of sp³-hybridized carbons (Fsp3) is 0.444. The second kappa shape index (κ2) is 7.36. The molecule has 0 atom stereocenters. The molecule has 0 aliphatic heterocycles. The smallest absolute Gasteiger partial charge is 0.270 e. The first kappa shape index (κ1) is 17.5. The van der Waals surface area contributed by atoms with E-state index in [1.165, 1.54) is 41.3 Å². The van der Waals surface area contributed by atoms with Crippen molar-refractivity contribution in [2.24, 2.45) is 0 Å². The maximum absolute atomic E-state index is 12.8. The van der Waals surface area contributed by atoms with Crippen molar-refractivity contribution in [3.63, 3.8) is 0 Å². The largest absolute Gasteiger partial charge is 0.313 e. The fourth-order valence-corrected chi connectivity index (χ4v) is 5.19. The van der Waals surface area contributed by atoms with E-state index in [2.05, 4.69) is 11.1 Å². The minimum atomic E-state index is -0.402. The number of thiazole rings is 1. The average Bonchev–Trinajstić information content (AvgIpc) is 3.38. The molecule has 1 saturated carbocycles. The lowest BCUT2D eigenvalue weighted by molar-refractivity contribution is -0.384. The van der Waals surface area contributed by atoms with E-state index in [9.17, 15) is 14.9 Å². The molecule has 2 aromatic rings. The minimum absolute atomic E-state index is 0.0675. The highest BCUT2D eigenvalue weighted by Gasteiger charge is 2.34. The fourth-order valence-electron chi connectivity index (χ4n) is 3.23. The predicted octanol–water partition coefficient (Wildman–Crippen LogP) is 4.75. The maximum Gasteiger partial charge on any atom is 0.270 e. The Morgan fingerprint density at radius 2 is 2.23 bits per heavy atom. The van der Waals surface area contributed by atoms with E-state index in [0.717, 1.165) is 46.7 Å². The highest BCUT2D eigenvalue weighted by atomic mass is 32.2. The van der Waals surface area contributed by atoms with E-state index in [0.29, 0.717) is 11.8 Å². The molecule has 1 fully saturated rings. The lowest BCUT2D eigenvalue weighted by atomic mass is 10.0. The summed E-state index contributed by atoms with van der Waals surface area (Å²) in [5, 5.41) is 10.9. The molecule has 1 aromatic heterocycles. The van der Waals surface area contributed by atoms with Gasteiger partial charge in [-0.1, -0.05) is 17.8 Å². The molecule has 26 heavy (non-hydrogen) atoms. The monoisotopic (exact) mass is 389 g/mol. The Bertz CT molecular complexity index is 889. The van der Waals surface area contributed by atoms with Crippen LogP contribution >= 0.6 is 23.1 Å². The summed E-state index contributed by atoms with van der Waals surface area (Å²) in [6, 6.07) is 5.05. The van der Waals surface area contributed by atoms with Crippen molar-refractivity contribution < 1.29 is 9.72 Å². The Balaban J connectivity index is 1.45. The molecule has 1 heterocycles. The molecule has 1 aromatic carbocycles.